The van der Waals surface area contributed by atoms with E-state index >= 15 is 0 Å². The van der Waals surface area contributed by atoms with Crippen molar-refractivity contribution in [3.63, 3.8) is 0 Å². The number of rotatable bonds is 2. The Labute approximate surface area is 105 Å². The highest BCUT2D eigenvalue weighted by atomic mass is 79.9. The molecular formula is C8H9BrClNOS2. The summed E-state index contributed by atoms with van der Waals surface area (Å²) in [5.74, 6) is 0. The molecule has 2 nitrogen and oxygen atoms in total. The zero-order valence-corrected chi connectivity index (χ0v) is 11.2. The lowest BCUT2D eigenvalue weighted by molar-refractivity contribution is 0.147. The molecule has 6 heteroatoms. The van der Waals surface area contributed by atoms with Crippen LogP contribution in [-0.4, -0.2) is 27.8 Å². The Morgan fingerprint density at radius 2 is 2.50 bits per heavy atom. The number of halogens is 2. The van der Waals surface area contributed by atoms with Crippen LogP contribution < -0.4 is 0 Å². The highest BCUT2D eigenvalue weighted by molar-refractivity contribution is 9.09. The summed E-state index contributed by atoms with van der Waals surface area (Å²) in [5.41, 5.74) is 0.982. The van der Waals surface area contributed by atoms with E-state index in [1.807, 2.05) is 6.07 Å². The lowest BCUT2D eigenvalue weighted by Gasteiger charge is -2.27. The maximum Gasteiger partial charge on any atom is 0.0946 e. The largest absolute Gasteiger partial charge is 0.387 e. The molecule has 0 amide bonds. The fourth-order valence-electron chi connectivity index (χ4n) is 1.34. The second kappa shape index (κ2) is 4.72. The van der Waals surface area contributed by atoms with Crippen molar-refractivity contribution in [1.29, 1.82) is 0 Å². The smallest absolute Gasteiger partial charge is 0.0946 e. The molecule has 2 heterocycles. The molecule has 0 radical (unpaired) electrons. The van der Waals surface area contributed by atoms with Crippen LogP contribution in [0.5, 0.6) is 0 Å². The van der Waals surface area contributed by atoms with Crippen LogP contribution in [0, 0.1) is 0 Å². The van der Waals surface area contributed by atoms with Crippen molar-refractivity contribution < 1.29 is 5.11 Å². The van der Waals surface area contributed by atoms with Crippen molar-refractivity contribution in [1.82, 2.24) is 4.31 Å². The van der Waals surface area contributed by atoms with E-state index in [-0.39, 0.29) is 0 Å². The maximum absolute atomic E-state index is 9.85. The van der Waals surface area contributed by atoms with Crippen molar-refractivity contribution >= 4 is 50.8 Å². The van der Waals surface area contributed by atoms with Gasteiger partial charge in [-0.1, -0.05) is 27.5 Å². The second-order valence-electron chi connectivity index (χ2n) is 2.98. The minimum Gasteiger partial charge on any atom is -0.387 e. The van der Waals surface area contributed by atoms with E-state index in [0.29, 0.717) is 6.54 Å². The van der Waals surface area contributed by atoms with Crippen LogP contribution in [0.15, 0.2) is 10.3 Å². The fourth-order valence-corrected chi connectivity index (χ4v) is 4.83. The molecule has 1 aromatic heterocycles. The Kier molecular flexibility index (Phi) is 3.79. The molecule has 1 aliphatic heterocycles. The predicted octanol–water partition coefficient (Wildman–Crippen LogP) is 3.15. The van der Waals surface area contributed by atoms with E-state index in [4.69, 9.17) is 11.6 Å². The highest BCUT2D eigenvalue weighted by Gasteiger charge is 2.26. The normalized spacial score (nSPS) is 22.4. The highest BCUT2D eigenvalue weighted by Crippen LogP contribution is 2.43. The summed E-state index contributed by atoms with van der Waals surface area (Å²) in [4.78, 5) is 0. The van der Waals surface area contributed by atoms with Gasteiger partial charge in [-0.2, -0.15) is 0 Å². The molecular weight excluding hydrogens is 306 g/mol. The van der Waals surface area contributed by atoms with Gasteiger partial charge < -0.3 is 5.11 Å². The van der Waals surface area contributed by atoms with Crippen LogP contribution in [0.4, 0.5) is 0 Å². The van der Waals surface area contributed by atoms with E-state index in [0.717, 1.165) is 26.0 Å². The lowest BCUT2D eigenvalue weighted by atomic mass is 10.2. The first-order valence-electron chi connectivity index (χ1n) is 4.17. The third-order valence-corrected chi connectivity index (χ3v) is 4.87. The van der Waals surface area contributed by atoms with Gasteiger partial charge in [0.05, 0.1) is 14.6 Å². The van der Waals surface area contributed by atoms with Gasteiger partial charge in [-0.15, -0.1) is 11.3 Å². The summed E-state index contributed by atoms with van der Waals surface area (Å²) in [5, 5.41) is 10.8. The summed E-state index contributed by atoms with van der Waals surface area (Å²) in [7, 11) is 0. The Bertz CT molecular complexity index is 333. The van der Waals surface area contributed by atoms with Gasteiger partial charge in [0, 0.05) is 24.0 Å². The van der Waals surface area contributed by atoms with E-state index in [1.165, 1.54) is 11.3 Å². The molecule has 0 saturated heterocycles. The Morgan fingerprint density at radius 1 is 1.71 bits per heavy atom. The lowest BCUT2D eigenvalue weighted by Crippen LogP contribution is -2.27. The van der Waals surface area contributed by atoms with Crippen LogP contribution in [0.25, 0.3) is 0 Å². The van der Waals surface area contributed by atoms with Crippen LogP contribution in [-0.2, 0) is 0 Å². The number of hydrogen-bond donors (Lipinski definition) is 1. The maximum atomic E-state index is 9.85. The molecule has 2 rings (SSSR count). The molecule has 1 unspecified atom stereocenters. The number of alkyl halides is 1. The summed E-state index contributed by atoms with van der Waals surface area (Å²) < 4.78 is 4.02. The number of aliphatic hydroxyl groups is 1. The number of β-amino-alcohol motifs (C(OH)–C–C–N with tert-alkyl or cyclic N) is 1. The van der Waals surface area contributed by atoms with Gasteiger partial charge in [0.15, 0.2) is 0 Å². The molecule has 1 aromatic rings. The molecule has 1 atom stereocenters. The summed E-state index contributed by atoms with van der Waals surface area (Å²) >= 11 is 12.5. The third kappa shape index (κ3) is 2.28. The number of hydrogen-bond acceptors (Lipinski definition) is 4. The van der Waals surface area contributed by atoms with E-state index < -0.39 is 6.10 Å². The number of fused-ring (bicyclic) bond motifs is 1. The van der Waals surface area contributed by atoms with Crippen molar-refractivity contribution in [3.8, 4) is 0 Å². The zero-order valence-electron chi connectivity index (χ0n) is 7.24. The van der Waals surface area contributed by atoms with Gasteiger partial charge in [-0.3, -0.25) is 0 Å². The second-order valence-corrected chi connectivity index (χ2v) is 6.82. The van der Waals surface area contributed by atoms with Gasteiger partial charge in [0.1, 0.15) is 0 Å². The Morgan fingerprint density at radius 3 is 3.21 bits per heavy atom. The minimum atomic E-state index is -0.394. The van der Waals surface area contributed by atoms with Crippen LogP contribution >= 0.6 is 50.8 Å². The third-order valence-electron chi connectivity index (χ3n) is 1.98. The molecule has 1 aliphatic rings. The average molecular weight is 315 g/mol. The van der Waals surface area contributed by atoms with E-state index in [2.05, 4.69) is 20.2 Å². The average Bonchev–Trinajstić information content (AvgIpc) is 2.47. The number of nitrogens with zero attached hydrogens (tertiary/aromatic N) is 1. The minimum absolute atomic E-state index is 0.394. The molecule has 1 N–H and O–H groups in total. The van der Waals surface area contributed by atoms with Crippen molar-refractivity contribution in [2.45, 2.75) is 10.3 Å². The predicted molar refractivity (Wildman–Crippen MR) is 65.5 cm³/mol. The topological polar surface area (TPSA) is 23.5 Å². The first-order chi connectivity index (χ1) is 6.70. The van der Waals surface area contributed by atoms with Crippen molar-refractivity contribution in [2.75, 3.05) is 18.4 Å². The number of aliphatic hydroxyl groups excluding tert-OH is 1. The van der Waals surface area contributed by atoms with Crippen LogP contribution in [0.2, 0.25) is 4.34 Å². The standard InChI is InChI=1S/C8H9BrClNOS2/c9-1-2-11-4-6(12)5-3-7(10)13-8(5)14-11/h3,6,12H,1-2,4H2. The number of thiophene rings is 1. The van der Waals surface area contributed by atoms with Crippen molar-refractivity contribution in [2.24, 2.45) is 0 Å². The first-order valence-corrected chi connectivity index (χ1v) is 7.26. The molecule has 78 valence electrons. The Balaban J connectivity index is 2.19. The van der Waals surface area contributed by atoms with E-state index in [1.54, 1.807) is 11.9 Å². The fraction of sp³-hybridized carbons (Fsp3) is 0.500. The van der Waals surface area contributed by atoms with Gasteiger partial charge in [0.2, 0.25) is 0 Å². The molecule has 14 heavy (non-hydrogen) atoms. The van der Waals surface area contributed by atoms with Gasteiger partial charge in [-0.25, -0.2) is 4.31 Å². The summed E-state index contributed by atoms with van der Waals surface area (Å²) in [6.45, 7) is 1.60. The van der Waals surface area contributed by atoms with Gasteiger partial charge >= 0.3 is 0 Å². The van der Waals surface area contributed by atoms with Crippen LogP contribution in [0.3, 0.4) is 0 Å². The Hall–Kier alpha value is 0.740. The van der Waals surface area contributed by atoms with Gasteiger partial charge in [0.25, 0.3) is 0 Å². The van der Waals surface area contributed by atoms with Crippen LogP contribution in [0.1, 0.15) is 11.7 Å². The quantitative estimate of drug-likeness (QED) is 0.670. The molecule has 0 aromatic carbocycles. The summed E-state index contributed by atoms with van der Waals surface area (Å²) in [6, 6.07) is 1.87. The van der Waals surface area contributed by atoms with Gasteiger partial charge in [-0.05, 0) is 18.0 Å². The molecule has 0 fully saturated rings. The van der Waals surface area contributed by atoms with E-state index in [9.17, 15) is 5.11 Å². The SMILES string of the molecule is OC1CN(CCBr)Sc2sc(Cl)cc21. The molecule has 0 aliphatic carbocycles. The first kappa shape index (κ1) is 11.2. The molecule has 0 saturated carbocycles. The zero-order chi connectivity index (χ0) is 10.1. The van der Waals surface area contributed by atoms with Crippen molar-refractivity contribution in [3.05, 3.63) is 16.0 Å². The molecule has 0 bridgehead atoms. The molecule has 0 spiro atoms. The summed E-state index contributed by atoms with van der Waals surface area (Å²) in [6.07, 6.45) is -0.394. The monoisotopic (exact) mass is 313 g/mol.